The third-order valence-electron chi connectivity index (χ3n) is 5.95. The molecular formula is C16H24O2S. The summed E-state index contributed by atoms with van der Waals surface area (Å²) in [5, 5.41) is 0. The monoisotopic (exact) mass is 280 g/mol. The van der Waals surface area contributed by atoms with Crippen molar-refractivity contribution in [3.8, 4) is 0 Å². The summed E-state index contributed by atoms with van der Waals surface area (Å²) in [7, 11) is 0. The lowest BCUT2D eigenvalue weighted by Crippen LogP contribution is -2.45. The van der Waals surface area contributed by atoms with E-state index in [1.807, 2.05) is 11.8 Å². The first-order chi connectivity index (χ1) is 9.26. The predicted molar refractivity (Wildman–Crippen MR) is 77.3 cm³/mol. The molecule has 106 valence electrons. The zero-order valence-electron chi connectivity index (χ0n) is 11.6. The molecule has 0 aromatic rings. The molecule has 0 amide bonds. The number of hydrogen-bond acceptors (Lipinski definition) is 3. The highest BCUT2D eigenvalue weighted by molar-refractivity contribution is 7.99. The number of Topliss-reactive ketones (excluding diaryl/α,β-unsaturated/α-hetero) is 1. The van der Waals surface area contributed by atoms with Gasteiger partial charge in [0.1, 0.15) is 5.78 Å². The van der Waals surface area contributed by atoms with Gasteiger partial charge < -0.3 is 4.74 Å². The molecule has 2 nitrogen and oxygen atoms in total. The fourth-order valence-electron chi connectivity index (χ4n) is 4.64. The lowest BCUT2D eigenvalue weighted by molar-refractivity contribution is -0.142. The number of carbonyl (C=O) groups is 1. The van der Waals surface area contributed by atoms with E-state index in [2.05, 4.69) is 0 Å². The van der Waals surface area contributed by atoms with E-state index in [1.165, 1.54) is 30.8 Å². The Bertz CT molecular complexity index is 359. The zero-order valence-corrected chi connectivity index (χ0v) is 12.4. The van der Waals surface area contributed by atoms with Gasteiger partial charge in [-0.15, -0.1) is 0 Å². The third-order valence-corrected chi connectivity index (χ3v) is 6.93. The predicted octanol–water partition coefficient (Wildman–Crippen LogP) is 3.29. The molecule has 0 N–H and O–H groups in total. The molecule has 4 aliphatic rings. The molecule has 1 spiro atoms. The molecular weight excluding hydrogens is 256 g/mol. The summed E-state index contributed by atoms with van der Waals surface area (Å²) in [4.78, 5) is 12.7. The Kier molecular flexibility index (Phi) is 3.19. The van der Waals surface area contributed by atoms with Gasteiger partial charge in [-0.3, -0.25) is 4.79 Å². The molecule has 0 aromatic heterocycles. The third kappa shape index (κ3) is 2.37. The van der Waals surface area contributed by atoms with Crippen LogP contribution in [0.15, 0.2) is 0 Å². The second-order valence-electron chi connectivity index (χ2n) is 7.16. The minimum Gasteiger partial charge on any atom is -0.375 e. The lowest BCUT2D eigenvalue weighted by atomic mass is 9.76. The van der Waals surface area contributed by atoms with Crippen molar-refractivity contribution in [3.63, 3.8) is 0 Å². The molecule has 3 unspecified atom stereocenters. The van der Waals surface area contributed by atoms with Crippen molar-refractivity contribution >= 4 is 17.5 Å². The average molecular weight is 280 g/mol. The van der Waals surface area contributed by atoms with E-state index in [0.29, 0.717) is 17.6 Å². The minimum absolute atomic E-state index is 0.0748. The first kappa shape index (κ1) is 12.7. The number of fused-ring (bicyclic) bond motifs is 1. The number of thioether (sulfide) groups is 1. The topological polar surface area (TPSA) is 26.3 Å². The quantitative estimate of drug-likeness (QED) is 0.776. The first-order valence-corrected chi connectivity index (χ1v) is 9.17. The van der Waals surface area contributed by atoms with Gasteiger partial charge in [0.15, 0.2) is 0 Å². The van der Waals surface area contributed by atoms with Crippen molar-refractivity contribution in [1.29, 1.82) is 0 Å². The van der Waals surface area contributed by atoms with Crippen LogP contribution in [-0.4, -0.2) is 29.5 Å². The second-order valence-corrected chi connectivity index (χ2v) is 8.38. The largest absolute Gasteiger partial charge is 0.375 e. The maximum atomic E-state index is 12.7. The van der Waals surface area contributed by atoms with Crippen LogP contribution in [0.1, 0.15) is 44.9 Å². The van der Waals surface area contributed by atoms with Gasteiger partial charge in [0, 0.05) is 18.4 Å². The smallest absolute Gasteiger partial charge is 0.139 e. The summed E-state index contributed by atoms with van der Waals surface area (Å²) >= 11 is 2.04. The van der Waals surface area contributed by atoms with Crippen LogP contribution in [0.2, 0.25) is 0 Å². The van der Waals surface area contributed by atoms with E-state index < -0.39 is 0 Å². The fraction of sp³-hybridized carbons (Fsp3) is 0.938. The molecule has 0 bridgehead atoms. The second kappa shape index (κ2) is 4.77. The van der Waals surface area contributed by atoms with Crippen LogP contribution in [0, 0.1) is 23.7 Å². The summed E-state index contributed by atoms with van der Waals surface area (Å²) in [5.74, 6) is 5.63. The van der Waals surface area contributed by atoms with E-state index in [0.717, 1.165) is 44.1 Å². The van der Waals surface area contributed by atoms with E-state index in [1.54, 1.807) is 0 Å². The number of hydrogen-bond donors (Lipinski definition) is 0. The summed E-state index contributed by atoms with van der Waals surface area (Å²) in [5.41, 5.74) is 0.0748. The molecule has 2 aliphatic heterocycles. The molecule has 4 fully saturated rings. The van der Waals surface area contributed by atoms with Gasteiger partial charge in [-0.05, 0) is 68.3 Å². The summed E-state index contributed by atoms with van der Waals surface area (Å²) in [6, 6.07) is 0. The molecule has 3 heteroatoms. The van der Waals surface area contributed by atoms with E-state index in [9.17, 15) is 4.79 Å². The van der Waals surface area contributed by atoms with E-state index >= 15 is 0 Å². The highest BCUT2D eigenvalue weighted by atomic mass is 32.2. The molecule has 2 heterocycles. The van der Waals surface area contributed by atoms with Gasteiger partial charge in [-0.2, -0.15) is 11.8 Å². The number of ether oxygens (including phenoxy) is 1. The molecule has 0 aromatic carbocycles. The van der Waals surface area contributed by atoms with Gasteiger partial charge in [0.05, 0.1) is 5.60 Å². The van der Waals surface area contributed by atoms with Crippen LogP contribution in [0.3, 0.4) is 0 Å². The van der Waals surface area contributed by atoms with Crippen LogP contribution < -0.4 is 0 Å². The van der Waals surface area contributed by atoms with E-state index in [4.69, 9.17) is 4.74 Å². The van der Waals surface area contributed by atoms with Gasteiger partial charge in [-0.25, -0.2) is 0 Å². The standard InChI is InChI=1S/C16H24O2S/c17-15(14-8-12-7-13(12)9-14)11-1-4-18-16(10-11)2-5-19-6-3-16/h11-14H,1-10H2. The van der Waals surface area contributed by atoms with Gasteiger partial charge in [0.2, 0.25) is 0 Å². The SMILES string of the molecule is O=C(C1CC2CC2C1)C1CCOC2(CCSCC2)C1. The number of ketones is 1. The molecule has 19 heavy (non-hydrogen) atoms. The zero-order chi connectivity index (χ0) is 12.9. The molecule has 2 aliphatic carbocycles. The van der Waals surface area contributed by atoms with Crippen molar-refractivity contribution in [1.82, 2.24) is 0 Å². The lowest BCUT2D eigenvalue weighted by Gasteiger charge is -2.43. The minimum atomic E-state index is 0.0748. The summed E-state index contributed by atoms with van der Waals surface area (Å²) in [6.45, 7) is 0.820. The van der Waals surface area contributed by atoms with E-state index in [-0.39, 0.29) is 5.60 Å². The highest BCUT2D eigenvalue weighted by Crippen LogP contribution is 2.55. The Hall–Kier alpha value is -0.0200. The molecule has 0 radical (unpaired) electrons. The van der Waals surface area contributed by atoms with Gasteiger partial charge >= 0.3 is 0 Å². The average Bonchev–Trinajstić information content (AvgIpc) is 3.05. The highest BCUT2D eigenvalue weighted by Gasteiger charge is 2.50. The van der Waals surface area contributed by atoms with Crippen molar-refractivity contribution < 1.29 is 9.53 Å². The molecule has 4 rings (SSSR count). The first-order valence-electron chi connectivity index (χ1n) is 8.01. The van der Waals surface area contributed by atoms with Crippen molar-refractivity contribution in [2.24, 2.45) is 23.7 Å². The fourth-order valence-corrected chi connectivity index (χ4v) is 5.88. The van der Waals surface area contributed by atoms with Crippen LogP contribution in [0.4, 0.5) is 0 Å². The Balaban J connectivity index is 1.41. The molecule has 2 saturated heterocycles. The van der Waals surface area contributed by atoms with Crippen molar-refractivity contribution in [2.45, 2.75) is 50.5 Å². The van der Waals surface area contributed by atoms with Crippen molar-refractivity contribution in [3.05, 3.63) is 0 Å². The number of rotatable bonds is 2. The normalized spacial score (nSPS) is 44.0. The van der Waals surface area contributed by atoms with Crippen LogP contribution in [0.25, 0.3) is 0 Å². The Labute approximate surface area is 120 Å². The Morgan fingerprint density at radius 2 is 1.79 bits per heavy atom. The molecule has 2 saturated carbocycles. The van der Waals surface area contributed by atoms with Crippen molar-refractivity contribution in [2.75, 3.05) is 18.1 Å². The molecule has 3 atom stereocenters. The number of carbonyl (C=O) groups excluding carboxylic acids is 1. The van der Waals surface area contributed by atoms with Gasteiger partial charge in [0.25, 0.3) is 0 Å². The van der Waals surface area contributed by atoms with Crippen LogP contribution in [-0.2, 0) is 9.53 Å². The summed E-state index contributed by atoms with van der Waals surface area (Å²) < 4.78 is 6.11. The Morgan fingerprint density at radius 3 is 2.53 bits per heavy atom. The Morgan fingerprint density at radius 1 is 1.05 bits per heavy atom. The van der Waals surface area contributed by atoms with Crippen LogP contribution >= 0.6 is 11.8 Å². The van der Waals surface area contributed by atoms with Gasteiger partial charge in [-0.1, -0.05) is 0 Å². The maximum absolute atomic E-state index is 12.7. The summed E-state index contributed by atoms with van der Waals surface area (Å²) in [6.07, 6.45) is 8.18. The maximum Gasteiger partial charge on any atom is 0.139 e. The van der Waals surface area contributed by atoms with Crippen LogP contribution in [0.5, 0.6) is 0 Å².